The molecule has 0 bridgehead atoms. The number of amides is 1. The van der Waals surface area contributed by atoms with Crippen LogP contribution in [0.25, 0.3) is 0 Å². The smallest absolute Gasteiger partial charge is 0.227 e. The summed E-state index contributed by atoms with van der Waals surface area (Å²) in [4.78, 5) is 14.9. The monoisotopic (exact) mass is 356 g/mol. The van der Waals surface area contributed by atoms with E-state index in [1.807, 2.05) is 44.4 Å². The molecule has 2 atom stereocenters. The average molecular weight is 357 g/mol. The van der Waals surface area contributed by atoms with E-state index in [-0.39, 0.29) is 17.9 Å². The summed E-state index contributed by atoms with van der Waals surface area (Å²) in [7, 11) is 4.02. The highest BCUT2D eigenvalue weighted by Crippen LogP contribution is 2.32. The van der Waals surface area contributed by atoms with E-state index < -0.39 is 0 Å². The van der Waals surface area contributed by atoms with Crippen LogP contribution in [0.1, 0.15) is 41.5 Å². The maximum absolute atomic E-state index is 12.8. The maximum atomic E-state index is 12.8. The topological polar surface area (TPSA) is 32.3 Å². The number of benzene rings is 2. The predicted molar refractivity (Wildman–Crippen MR) is 103 cm³/mol. The first kappa shape index (κ1) is 18.0. The van der Waals surface area contributed by atoms with Gasteiger partial charge < -0.3 is 10.2 Å². The highest BCUT2D eigenvalue weighted by atomic mass is 35.5. The van der Waals surface area contributed by atoms with Crippen molar-refractivity contribution in [3.8, 4) is 0 Å². The second kappa shape index (κ2) is 8.03. The van der Waals surface area contributed by atoms with E-state index >= 15 is 0 Å². The standard InChI is InChI=1S/C21H25ClN2O/c1-24(2)20(18-11-5-6-13-19(18)22)14-23-21(25)17-12-7-9-15-8-3-4-10-16(15)17/h3-6,8,10-11,13,17,20H,7,9,12,14H2,1-2H3,(H,23,25)/t17-,20+/m1/s1. The van der Waals surface area contributed by atoms with E-state index in [0.717, 1.165) is 29.8 Å². The van der Waals surface area contributed by atoms with E-state index in [9.17, 15) is 4.79 Å². The molecule has 1 aliphatic carbocycles. The minimum absolute atomic E-state index is 0.0426. The van der Waals surface area contributed by atoms with Crippen molar-refractivity contribution < 1.29 is 4.79 Å². The summed E-state index contributed by atoms with van der Waals surface area (Å²) in [5, 5.41) is 3.90. The number of aryl methyl sites for hydroxylation is 1. The van der Waals surface area contributed by atoms with Gasteiger partial charge in [-0.3, -0.25) is 4.79 Å². The molecule has 4 heteroatoms. The number of hydrogen-bond acceptors (Lipinski definition) is 2. The van der Waals surface area contributed by atoms with Gasteiger partial charge in [0.2, 0.25) is 5.91 Å². The molecule has 0 saturated carbocycles. The number of hydrogen-bond donors (Lipinski definition) is 1. The van der Waals surface area contributed by atoms with Crippen molar-refractivity contribution in [2.75, 3.05) is 20.6 Å². The lowest BCUT2D eigenvalue weighted by Gasteiger charge is -2.28. The van der Waals surface area contributed by atoms with E-state index in [1.165, 1.54) is 11.1 Å². The number of nitrogens with one attached hydrogen (secondary N) is 1. The lowest BCUT2D eigenvalue weighted by Crippen LogP contribution is -2.38. The molecule has 2 aromatic carbocycles. The Bertz CT molecular complexity index is 744. The van der Waals surface area contributed by atoms with Gasteiger partial charge in [-0.2, -0.15) is 0 Å². The summed E-state index contributed by atoms with van der Waals surface area (Å²) >= 11 is 6.35. The first-order valence-corrected chi connectivity index (χ1v) is 9.22. The summed E-state index contributed by atoms with van der Waals surface area (Å²) in [6.45, 7) is 0.550. The zero-order chi connectivity index (χ0) is 17.8. The molecule has 25 heavy (non-hydrogen) atoms. The van der Waals surface area contributed by atoms with Crippen molar-refractivity contribution in [2.45, 2.75) is 31.2 Å². The SMILES string of the molecule is CN(C)[C@@H](CNC(=O)[C@@H]1CCCc2ccccc21)c1ccccc1Cl. The highest BCUT2D eigenvalue weighted by molar-refractivity contribution is 6.31. The molecule has 0 heterocycles. The average Bonchev–Trinajstić information content (AvgIpc) is 2.62. The van der Waals surface area contributed by atoms with Crippen LogP contribution in [0.4, 0.5) is 0 Å². The molecule has 0 aliphatic heterocycles. The van der Waals surface area contributed by atoms with Crippen LogP contribution in [0.15, 0.2) is 48.5 Å². The van der Waals surface area contributed by atoms with Crippen LogP contribution in [-0.4, -0.2) is 31.4 Å². The van der Waals surface area contributed by atoms with Crippen molar-refractivity contribution in [1.29, 1.82) is 0 Å². The number of carbonyl (C=O) groups is 1. The van der Waals surface area contributed by atoms with E-state index in [2.05, 4.69) is 28.4 Å². The fourth-order valence-corrected chi connectivity index (χ4v) is 3.92. The molecule has 3 nitrogen and oxygen atoms in total. The zero-order valence-electron chi connectivity index (χ0n) is 14.8. The van der Waals surface area contributed by atoms with E-state index in [0.29, 0.717) is 6.54 Å². The molecular weight excluding hydrogens is 332 g/mol. The van der Waals surface area contributed by atoms with Gasteiger partial charge in [-0.25, -0.2) is 0 Å². The lowest BCUT2D eigenvalue weighted by molar-refractivity contribution is -0.123. The van der Waals surface area contributed by atoms with Crippen LogP contribution in [0, 0.1) is 0 Å². The van der Waals surface area contributed by atoms with Gasteiger partial charge in [0.25, 0.3) is 0 Å². The Morgan fingerprint density at radius 1 is 1.20 bits per heavy atom. The molecule has 0 aromatic heterocycles. The molecular formula is C21H25ClN2O. The molecule has 0 fully saturated rings. The van der Waals surface area contributed by atoms with Crippen LogP contribution < -0.4 is 5.32 Å². The molecule has 0 radical (unpaired) electrons. The van der Waals surface area contributed by atoms with E-state index in [1.54, 1.807) is 0 Å². The van der Waals surface area contributed by atoms with Gasteiger partial charge in [-0.05, 0) is 56.1 Å². The molecule has 1 aliphatic rings. The Hall–Kier alpha value is -1.84. The summed E-state index contributed by atoms with van der Waals surface area (Å²) in [6.07, 6.45) is 3.05. The van der Waals surface area contributed by atoms with Crippen molar-refractivity contribution in [2.24, 2.45) is 0 Å². The van der Waals surface area contributed by atoms with Gasteiger partial charge in [0.15, 0.2) is 0 Å². The van der Waals surface area contributed by atoms with Gasteiger partial charge in [-0.1, -0.05) is 54.1 Å². The van der Waals surface area contributed by atoms with Crippen LogP contribution in [0.2, 0.25) is 5.02 Å². The highest BCUT2D eigenvalue weighted by Gasteiger charge is 2.27. The largest absolute Gasteiger partial charge is 0.354 e. The minimum atomic E-state index is -0.0426. The van der Waals surface area contributed by atoms with Crippen LogP contribution in [0.3, 0.4) is 0 Å². The number of likely N-dealkylation sites (N-methyl/N-ethyl adjacent to an activating group) is 1. The fourth-order valence-electron chi connectivity index (χ4n) is 3.66. The summed E-state index contributed by atoms with van der Waals surface area (Å²) < 4.78 is 0. The Labute approximate surface area is 155 Å². The van der Waals surface area contributed by atoms with Gasteiger partial charge in [0, 0.05) is 11.6 Å². The molecule has 1 N–H and O–H groups in total. The number of fused-ring (bicyclic) bond motifs is 1. The molecule has 132 valence electrons. The predicted octanol–water partition coefficient (Wildman–Crippen LogP) is 4.18. The Morgan fingerprint density at radius 3 is 2.68 bits per heavy atom. The quantitative estimate of drug-likeness (QED) is 0.871. The number of carbonyl (C=O) groups excluding carboxylic acids is 1. The van der Waals surface area contributed by atoms with Gasteiger partial charge in [-0.15, -0.1) is 0 Å². The minimum Gasteiger partial charge on any atom is -0.354 e. The molecule has 0 unspecified atom stereocenters. The molecule has 0 spiro atoms. The van der Waals surface area contributed by atoms with Crippen LogP contribution in [-0.2, 0) is 11.2 Å². The maximum Gasteiger partial charge on any atom is 0.227 e. The van der Waals surface area contributed by atoms with E-state index in [4.69, 9.17) is 11.6 Å². The normalized spacial score (nSPS) is 17.8. The lowest BCUT2D eigenvalue weighted by atomic mass is 9.82. The summed E-state index contributed by atoms with van der Waals surface area (Å²) in [5.74, 6) is 0.0741. The molecule has 0 saturated heterocycles. The van der Waals surface area contributed by atoms with Crippen molar-refractivity contribution in [1.82, 2.24) is 10.2 Å². The Kier molecular flexibility index (Phi) is 5.77. The first-order valence-electron chi connectivity index (χ1n) is 8.84. The third kappa shape index (κ3) is 4.05. The third-order valence-corrected chi connectivity index (χ3v) is 5.39. The van der Waals surface area contributed by atoms with Crippen LogP contribution >= 0.6 is 11.6 Å². The number of rotatable bonds is 5. The van der Waals surface area contributed by atoms with Crippen molar-refractivity contribution >= 4 is 17.5 Å². The summed E-state index contributed by atoms with van der Waals surface area (Å²) in [6, 6.07) is 16.2. The molecule has 1 amide bonds. The molecule has 3 rings (SSSR count). The van der Waals surface area contributed by atoms with Gasteiger partial charge in [0.1, 0.15) is 0 Å². The van der Waals surface area contributed by atoms with Gasteiger partial charge in [0.05, 0.1) is 12.0 Å². The second-order valence-corrected chi connectivity index (χ2v) is 7.30. The number of halogens is 1. The zero-order valence-corrected chi connectivity index (χ0v) is 15.6. The van der Waals surface area contributed by atoms with Crippen molar-refractivity contribution in [3.63, 3.8) is 0 Å². The fraction of sp³-hybridized carbons (Fsp3) is 0.381. The molecule has 2 aromatic rings. The Morgan fingerprint density at radius 2 is 1.92 bits per heavy atom. The van der Waals surface area contributed by atoms with Crippen LogP contribution in [0.5, 0.6) is 0 Å². The number of nitrogens with zero attached hydrogens (tertiary/aromatic N) is 1. The second-order valence-electron chi connectivity index (χ2n) is 6.89. The van der Waals surface area contributed by atoms with Gasteiger partial charge >= 0.3 is 0 Å². The third-order valence-electron chi connectivity index (χ3n) is 5.04. The Balaban J connectivity index is 1.72. The van der Waals surface area contributed by atoms with Crippen molar-refractivity contribution in [3.05, 3.63) is 70.2 Å². The summed E-state index contributed by atoms with van der Waals surface area (Å²) in [5.41, 5.74) is 3.54. The first-order chi connectivity index (χ1) is 12.1.